The molecule has 1 aliphatic heterocycles. The number of anilines is 1. The van der Waals surface area contributed by atoms with Crippen molar-refractivity contribution in [3.05, 3.63) is 65.7 Å². The van der Waals surface area contributed by atoms with Crippen LogP contribution in [0.1, 0.15) is 18.1 Å². The number of nitrogens with zero attached hydrogens (tertiary/aromatic N) is 1. The number of imide groups is 1. The van der Waals surface area contributed by atoms with Crippen LogP contribution in [-0.2, 0) is 16.8 Å². The highest BCUT2D eigenvalue weighted by Gasteiger charge is 2.48. The third kappa shape index (κ3) is 2.77. The molecule has 0 aliphatic carbocycles. The second-order valence-corrected chi connectivity index (χ2v) is 5.87. The van der Waals surface area contributed by atoms with Crippen molar-refractivity contribution in [3.8, 4) is 0 Å². The summed E-state index contributed by atoms with van der Waals surface area (Å²) in [6.45, 7) is 2.09. The molecule has 0 bridgehead atoms. The number of urea groups is 1. The Balaban J connectivity index is 1.75. The first kappa shape index (κ1) is 15.1. The average molecular weight is 309 g/mol. The molecule has 5 heteroatoms. The fourth-order valence-corrected chi connectivity index (χ4v) is 2.79. The van der Waals surface area contributed by atoms with E-state index >= 15 is 0 Å². The van der Waals surface area contributed by atoms with E-state index in [-0.39, 0.29) is 11.9 Å². The zero-order valence-electron chi connectivity index (χ0n) is 13.0. The number of hydrogen-bond donors (Lipinski definition) is 2. The predicted molar refractivity (Wildman–Crippen MR) is 88.6 cm³/mol. The summed E-state index contributed by atoms with van der Waals surface area (Å²) in [5.74, 6) is -0.218. The third-order valence-corrected chi connectivity index (χ3v) is 4.23. The van der Waals surface area contributed by atoms with Gasteiger partial charge in [0.1, 0.15) is 5.54 Å². The van der Waals surface area contributed by atoms with Crippen molar-refractivity contribution in [1.29, 1.82) is 0 Å². The van der Waals surface area contributed by atoms with E-state index in [9.17, 15) is 9.59 Å². The average Bonchev–Trinajstić information content (AvgIpc) is 2.78. The molecule has 1 aliphatic rings. The Morgan fingerprint density at radius 3 is 2.35 bits per heavy atom. The molecule has 0 aromatic heterocycles. The van der Waals surface area contributed by atoms with Crippen LogP contribution >= 0.6 is 0 Å². The van der Waals surface area contributed by atoms with Crippen molar-refractivity contribution in [2.45, 2.75) is 18.9 Å². The van der Waals surface area contributed by atoms with Gasteiger partial charge in [-0.25, -0.2) is 4.79 Å². The number of rotatable bonds is 4. The predicted octanol–water partition coefficient (Wildman–Crippen LogP) is 2.28. The zero-order chi connectivity index (χ0) is 16.4. The molecular weight excluding hydrogens is 290 g/mol. The fourth-order valence-electron chi connectivity index (χ4n) is 2.79. The lowest BCUT2D eigenvalue weighted by molar-refractivity contribution is -0.131. The third-order valence-electron chi connectivity index (χ3n) is 4.23. The van der Waals surface area contributed by atoms with Gasteiger partial charge < -0.3 is 11.1 Å². The molecule has 1 fully saturated rings. The molecule has 1 atom stereocenters. The summed E-state index contributed by atoms with van der Waals surface area (Å²) in [4.78, 5) is 26.2. The minimum absolute atomic E-state index is 0.218. The lowest BCUT2D eigenvalue weighted by Gasteiger charge is -2.22. The first-order chi connectivity index (χ1) is 11.0. The molecule has 118 valence electrons. The van der Waals surface area contributed by atoms with Gasteiger partial charge in [0.2, 0.25) is 0 Å². The Kier molecular flexibility index (Phi) is 3.78. The van der Waals surface area contributed by atoms with Gasteiger partial charge >= 0.3 is 6.03 Å². The van der Waals surface area contributed by atoms with Crippen LogP contribution < -0.4 is 11.1 Å². The molecular formula is C18H19N3O2. The van der Waals surface area contributed by atoms with Crippen molar-refractivity contribution >= 4 is 17.6 Å². The first-order valence-corrected chi connectivity index (χ1v) is 7.55. The number of nitrogens with two attached hydrogens (primary N) is 1. The van der Waals surface area contributed by atoms with Crippen molar-refractivity contribution in [2.24, 2.45) is 0 Å². The molecule has 5 nitrogen and oxygen atoms in total. The second kappa shape index (κ2) is 5.76. The summed E-state index contributed by atoms with van der Waals surface area (Å²) in [5.41, 5.74) is 7.18. The normalized spacial score (nSPS) is 20.7. The number of carbonyl (C=O) groups excluding carboxylic acids is 2. The monoisotopic (exact) mass is 309 g/mol. The Morgan fingerprint density at radius 2 is 1.70 bits per heavy atom. The van der Waals surface area contributed by atoms with Crippen molar-refractivity contribution in [1.82, 2.24) is 10.2 Å². The molecule has 0 saturated carbocycles. The Labute approximate surface area is 135 Å². The van der Waals surface area contributed by atoms with Gasteiger partial charge in [0.05, 0.1) is 0 Å². The number of benzene rings is 2. The van der Waals surface area contributed by atoms with Crippen molar-refractivity contribution in [2.75, 3.05) is 12.3 Å². The van der Waals surface area contributed by atoms with E-state index in [0.29, 0.717) is 18.7 Å². The largest absolute Gasteiger partial charge is 0.399 e. The van der Waals surface area contributed by atoms with E-state index in [1.807, 2.05) is 54.6 Å². The molecule has 2 aromatic carbocycles. The summed E-state index contributed by atoms with van der Waals surface area (Å²) in [6, 6.07) is 16.4. The Hall–Kier alpha value is -2.82. The summed E-state index contributed by atoms with van der Waals surface area (Å²) in [7, 11) is 0. The zero-order valence-corrected chi connectivity index (χ0v) is 13.0. The van der Waals surface area contributed by atoms with Crippen LogP contribution in [-0.4, -0.2) is 23.4 Å². The minimum atomic E-state index is -1.00. The fraction of sp³-hybridized carbons (Fsp3) is 0.222. The van der Waals surface area contributed by atoms with Crippen LogP contribution in [0.3, 0.4) is 0 Å². The number of amides is 3. The standard InChI is InChI=1S/C18H19N3O2/c1-18(14-5-3-2-4-6-14)16(22)21(17(23)20-18)12-11-13-7-9-15(19)10-8-13/h2-10H,11-12,19H2,1H3,(H,20,23). The smallest absolute Gasteiger partial charge is 0.325 e. The molecule has 3 amide bonds. The first-order valence-electron chi connectivity index (χ1n) is 7.55. The highest BCUT2D eigenvalue weighted by Crippen LogP contribution is 2.28. The van der Waals surface area contributed by atoms with Crippen molar-refractivity contribution in [3.63, 3.8) is 0 Å². The number of hydrogen-bond acceptors (Lipinski definition) is 3. The lowest BCUT2D eigenvalue weighted by atomic mass is 9.92. The Bertz CT molecular complexity index is 728. The van der Waals surface area contributed by atoms with Gasteiger partial charge in [-0.05, 0) is 36.6 Å². The van der Waals surface area contributed by atoms with Gasteiger partial charge in [-0.2, -0.15) is 0 Å². The molecule has 23 heavy (non-hydrogen) atoms. The summed E-state index contributed by atoms with van der Waals surface area (Å²) >= 11 is 0. The molecule has 1 unspecified atom stereocenters. The highest BCUT2D eigenvalue weighted by atomic mass is 16.2. The summed E-state index contributed by atoms with van der Waals surface area (Å²) in [6.07, 6.45) is 0.601. The van der Waals surface area contributed by atoms with Gasteiger partial charge in [-0.1, -0.05) is 42.5 Å². The van der Waals surface area contributed by atoms with E-state index < -0.39 is 5.54 Å². The molecule has 2 aromatic rings. The van der Waals surface area contributed by atoms with E-state index in [0.717, 1.165) is 11.1 Å². The van der Waals surface area contributed by atoms with E-state index in [2.05, 4.69) is 5.32 Å². The maximum Gasteiger partial charge on any atom is 0.325 e. The van der Waals surface area contributed by atoms with Crippen LogP contribution in [0.25, 0.3) is 0 Å². The lowest BCUT2D eigenvalue weighted by Crippen LogP contribution is -2.41. The topological polar surface area (TPSA) is 75.4 Å². The van der Waals surface area contributed by atoms with Gasteiger partial charge in [0.15, 0.2) is 0 Å². The molecule has 3 N–H and O–H groups in total. The van der Waals surface area contributed by atoms with Crippen LogP contribution in [0.2, 0.25) is 0 Å². The molecule has 0 radical (unpaired) electrons. The van der Waals surface area contributed by atoms with Gasteiger partial charge in [-0.3, -0.25) is 9.69 Å². The van der Waals surface area contributed by atoms with E-state index in [4.69, 9.17) is 5.73 Å². The minimum Gasteiger partial charge on any atom is -0.399 e. The van der Waals surface area contributed by atoms with E-state index in [1.54, 1.807) is 6.92 Å². The van der Waals surface area contributed by atoms with Gasteiger partial charge in [0, 0.05) is 12.2 Å². The maximum atomic E-state index is 12.7. The van der Waals surface area contributed by atoms with Gasteiger partial charge in [-0.15, -0.1) is 0 Å². The SMILES string of the molecule is CC1(c2ccccc2)NC(=O)N(CCc2ccc(N)cc2)C1=O. The number of carbonyl (C=O) groups is 2. The van der Waals surface area contributed by atoms with Crippen LogP contribution in [0.15, 0.2) is 54.6 Å². The molecule has 3 rings (SSSR count). The molecule has 0 spiro atoms. The van der Waals surface area contributed by atoms with E-state index in [1.165, 1.54) is 4.90 Å². The van der Waals surface area contributed by atoms with Crippen molar-refractivity contribution < 1.29 is 9.59 Å². The van der Waals surface area contributed by atoms with Crippen LogP contribution in [0.5, 0.6) is 0 Å². The quantitative estimate of drug-likeness (QED) is 0.672. The Morgan fingerprint density at radius 1 is 1.04 bits per heavy atom. The second-order valence-electron chi connectivity index (χ2n) is 5.87. The van der Waals surface area contributed by atoms with Crippen LogP contribution in [0, 0.1) is 0 Å². The summed E-state index contributed by atoms with van der Waals surface area (Å²) in [5, 5.41) is 2.81. The van der Waals surface area contributed by atoms with Crippen LogP contribution in [0.4, 0.5) is 10.5 Å². The highest BCUT2D eigenvalue weighted by molar-refractivity contribution is 6.07. The summed E-state index contributed by atoms with van der Waals surface area (Å²) < 4.78 is 0. The van der Waals surface area contributed by atoms with Gasteiger partial charge in [0.25, 0.3) is 5.91 Å². The molecule has 1 heterocycles. The molecule has 1 saturated heterocycles. The maximum absolute atomic E-state index is 12.7. The number of nitrogen functional groups attached to an aromatic ring is 1. The number of nitrogens with one attached hydrogen (secondary N) is 1.